The smallest absolute Gasteiger partial charge is 0.262 e. The lowest BCUT2D eigenvalue weighted by atomic mass is 10.1. The lowest BCUT2D eigenvalue weighted by Gasteiger charge is -2.25. The van der Waals surface area contributed by atoms with Crippen molar-refractivity contribution >= 4 is 49.2 Å². The number of rotatable bonds is 6. The van der Waals surface area contributed by atoms with Crippen LogP contribution < -0.4 is 5.32 Å². The summed E-state index contributed by atoms with van der Waals surface area (Å²) in [7, 11) is -3.41. The fraction of sp³-hybridized carbons (Fsp3) is 0.250. The second-order valence-electron chi connectivity index (χ2n) is 6.93. The summed E-state index contributed by atoms with van der Waals surface area (Å²) in [4.78, 5) is 39.5. The van der Waals surface area contributed by atoms with Crippen molar-refractivity contribution in [3.05, 3.63) is 63.6 Å². The molecule has 0 unspecified atom stereocenters. The van der Waals surface area contributed by atoms with Gasteiger partial charge in [-0.05, 0) is 59.1 Å². The van der Waals surface area contributed by atoms with Crippen LogP contribution in [0.25, 0.3) is 0 Å². The molecule has 0 radical (unpaired) electrons. The summed E-state index contributed by atoms with van der Waals surface area (Å²) in [6, 6.07) is 10.3. The van der Waals surface area contributed by atoms with Gasteiger partial charge in [-0.25, -0.2) is 8.42 Å². The number of amides is 3. The van der Waals surface area contributed by atoms with Gasteiger partial charge < -0.3 is 5.32 Å². The molecular weight excluding hydrogens is 460 g/mol. The molecule has 1 atom stereocenters. The van der Waals surface area contributed by atoms with Crippen molar-refractivity contribution in [2.75, 3.05) is 17.3 Å². The van der Waals surface area contributed by atoms with Gasteiger partial charge in [0, 0.05) is 10.7 Å². The number of carbonyl (C=O) groups excluding carboxylic acids is 3. The Morgan fingerprint density at radius 1 is 1.10 bits per heavy atom. The number of anilines is 1. The maximum atomic E-state index is 13.0. The molecule has 9 heteroatoms. The molecule has 0 fully saturated rings. The van der Waals surface area contributed by atoms with E-state index in [2.05, 4.69) is 21.2 Å². The number of nitrogens with one attached hydrogen (secondary N) is 1. The first-order chi connectivity index (χ1) is 13.6. The van der Waals surface area contributed by atoms with E-state index in [-0.39, 0.29) is 23.3 Å². The fourth-order valence-electron chi connectivity index (χ4n) is 3.13. The molecule has 29 heavy (non-hydrogen) atoms. The number of imide groups is 1. The molecule has 7 nitrogen and oxygen atoms in total. The average molecular weight is 479 g/mol. The molecule has 0 aliphatic carbocycles. The summed E-state index contributed by atoms with van der Waals surface area (Å²) in [5, 5.41) is 2.69. The van der Waals surface area contributed by atoms with Gasteiger partial charge in [0.25, 0.3) is 11.8 Å². The summed E-state index contributed by atoms with van der Waals surface area (Å²) in [6.07, 6.45) is 0.848. The maximum Gasteiger partial charge on any atom is 0.262 e. The predicted molar refractivity (Wildman–Crippen MR) is 113 cm³/mol. The molecule has 0 saturated heterocycles. The van der Waals surface area contributed by atoms with E-state index in [0.29, 0.717) is 10.2 Å². The van der Waals surface area contributed by atoms with Gasteiger partial charge in [0.2, 0.25) is 5.91 Å². The number of nitrogens with zero attached hydrogens (tertiary/aromatic N) is 1. The summed E-state index contributed by atoms with van der Waals surface area (Å²) < 4.78 is 24.0. The van der Waals surface area contributed by atoms with Crippen molar-refractivity contribution < 1.29 is 22.8 Å². The number of aryl methyl sites for hydroxylation is 1. The molecule has 1 aliphatic heterocycles. The zero-order valence-corrected chi connectivity index (χ0v) is 18.2. The molecule has 0 spiro atoms. The lowest BCUT2D eigenvalue weighted by Crippen LogP contribution is -2.48. The minimum absolute atomic E-state index is 0.195. The van der Waals surface area contributed by atoms with Gasteiger partial charge in [-0.3, -0.25) is 19.3 Å². The largest absolute Gasteiger partial charge is 0.323 e. The van der Waals surface area contributed by atoms with Crippen LogP contribution in [0.2, 0.25) is 0 Å². The molecule has 3 rings (SSSR count). The molecule has 0 saturated carbocycles. The topological polar surface area (TPSA) is 101 Å². The van der Waals surface area contributed by atoms with Crippen LogP contribution in [0.5, 0.6) is 0 Å². The number of carbonyl (C=O) groups is 3. The zero-order valence-electron chi connectivity index (χ0n) is 15.8. The Balaban J connectivity index is 1.93. The van der Waals surface area contributed by atoms with Crippen molar-refractivity contribution in [1.82, 2.24) is 4.90 Å². The SMILES string of the molecule is Cc1ccc(NC(=O)[C@H](CCS(C)(=O)=O)N2C(=O)c3ccccc3C2=O)c(Br)c1. The van der Waals surface area contributed by atoms with Crippen molar-refractivity contribution in [3.8, 4) is 0 Å². The predicted octanol–water partition coefficient (Wildman–Crippen LogP) is 2.80. The Morgan fingerprint density at radius 2 is 1.69 bits per heavy atom. The highest BCUT2D eigenvalue weighted by Crippen LogP contribution is 2.28. The Labute approximate surface area is 177 Å². The molecule has 2 aromatic rings. The normalized spacial score (nSPS) is 14.7. The van der Waals surface area contributed by atoms with Crippen LogP contribution >= 0.6 is 15.9 Å². The summed E-state index contributed by atoms with van der Waals surface area (Å²) in [5.74, 6) is -2.19. The Kier molecular flexibility index (Phi) is 5.90. The van der Waals surface area contributed by atoms with E-state index in [9.17, 15) is 22.8 Å². The van der Waals surface area contributed by atoms with Gasteiger partial charge >= 0.3 is 0 Å². The number of sulfone groups is 1. The first-order valence-corrected chi connectivity index (χ1v) is 11.7. The Hall–Kier alpha value is -2.52. The van der Waals surface area contributed by atoms with E-state index < -0.39 is 33.6 Å². The lowest BCUT2D eigenvalue weighted by molar-refractivity contribution is -0.120. The third-order valence-electron chi connectivity index (χ3n) is 4.58. The fourth-order valence-corrected chi connectivity index (χ4v) is 4.38. The van der Waals surface area contributed by atoms with Crippen LogP contribution in [0.1, 0.15) is 32.7 Å². The molecule has 2 aromatic carbocycles. The molecule has 0 aromatic heterocycles. The quantitative estimate of drug-likeness (QED) is 0.643. The van der Waals surface area contributed by atoms with Gasteiger partial charge in [0.1, 0.15) is 15.9 Å². The van der Waals surface area contributed by atoms with Gasteiger partial charge in [-0.2, -0.15) is 0 Å². The van der Waals surface area contributed by atoms with Crippen molar-refractivity contribution in [3.63, 3.8) is 0 Å². The van der Waals surface area contributed by atoms with Gasteiger partial charge in [-0.1, -0.05) is 18.2 Å². The summed E-state index contributed by atoms with van der Waals surface area (Å²) in [5.41, 5.74) is 1.84. The number of benzene rings is 2. The second-order valence-corrected chi connectivity index (χ2v) is 10.0. The molecular formula is C20H19BrN2O5S. The van der Waals surface area contributed by atoms with Gasteiger partial charge in [0.15, 0.2) is 0 Å². The van der Waals surface area contributed by atoms with Crippen LogP contribution in [-0.4, -0.2) is 49.1 Å². The van der Waals surface area contributed by atoms with Crippen molar-refractivity contribution in [2.24, 2.45) is 0 Å². The van der Waals surface area contributed by atoms with Gasteiger partial charge in [0.05, 0.1) is 22.6 Å². The first-order valence-electron chi connectivity index (χ1n) is 8.80. The van der Waals surface area contributed by atoms with Crippen LogP contribution in [0.4, 0.5) is 5.69 Å². The highest BCUT2D eigenvalue weighted by atomic mass is 79.9. The molecule has 152 valence electrons. The van der Waals surface area contributed by atoms with Crippen molar-refractivity contribution in [2.45, 2.75) is 19.4 Å². The first kappa shape index (κ1) is 21.2. The number of halogens is 1. The average Bonchev–Trinajstić information content (AvgIpc) is 2.89. The third kappa shape index (κ3) is 4.56. The number of hydrogen-bond donors (Lipinski definition) is 1. The molecule has 0 bridgehead atoms. The minimum Gasteiger partial charge on any atom is -0.323 e. The third-order valence-corrected chi connectivity index (χ3v) is 6.22. The zero-order chi connectivity index (χ0) is 21.3. The Bertz CT molecular complexity index is 1080. The number of hydrogen-bond acceptors (Lipinski definition) is 5. The minimum atomic E-state index is -3.41. The Morgan fingerprint density at radius 3 is 2.21 bits per heavy atom. The molecule has 1 N–H and O–H groups in total. The maximum absolute atomic E-state index is 13.0. The highest BCUT2D eigenvalue weighted by molar-refractivity contribution is 9.10. The van der Waals surface area contributed by atoms with E-state index in [0.717, 1.165) is 16.7 Å². The van der Waals surface area contributed by atoms with Crippen LogP contribution in [0.15, 0.2) is 46.9 Å². The summed E-state index contributed by atoms with van der Waals surface area (Å²) >= 11 is 3.37. The van der Waals surface area contributed by atoms with E-state index in [1.54, 1.807) is 24.3 Å². The van der Waals surface area contributed by atoms with Crippen molar-refractivity contribution in [1.29, 1.82) is 0 Å². The van der Waals surface area contributed by atoms with Gasteiger partial charge in [-0.15, -0.1) is 0 Å². The van der Waals surface area contributed by atoms with Crippen LogP contribution in [-0.2, 0) is 14.6 Å². The second kappa shape index (κ2) is 8.08. The monoisotopic (exact) mass is 478 g/mol. The molecule has 1 heterocycles. The van der Waals surface area contributed by atoms with E-state index >= 15 is 0 Å². The van der Waals surface area contributed by atoms with E-state index in [1.165, 1.54) is 12.1 Å². The number of fused-ring (bicyclic) bond motifs is 1. The van der Waals surface area contributed by atoms with E-state index in [4.69, 9.17) is 0 Å². The van der Waals surface area contributed by atoms with Crippen LogP contribution in [0.3, 0.4) is 0 Å². The molecule has 1 aliphatic rings. The standard InChI is InChI=1S/C20H19BrN2O5S/c1-12-7-8-16(15(21)11-12)22-18(24)17(9-10-29(2,27)28)23-19(25)13-5-3-4-6-14(13)20(23)26/h3-8,11,17H,9-10H2,1-2H3,(H,22,24)/t17-/m0/s1. The van der Waals surface area contributed by atoms with E-state index in [1.807, 2.05) is 13.0 Å². The summed E-state index contributed by atoms with van der Waals surface area (Å²) in [6.45, 7) is 1.89. The highest BCUT2D eigenvalue weighted by Gasteiger charge is 2.42. The van der Waals surface area contributed by atoms with Crippen LogP contribution in [0, 0.1) is 6.92 Å². The molecule has 3 amide bonds.